The van der Waals surface area contributed by atoms with Crippen molar-refractivity contribution in [2.75, 3.05) is 6.61 Å². The first-order chi connectivity index (χ1) is 13.8. The Kier molecular flexibility index (Phi) is 7.88. The maximum absolute atomic E-state index is 12.8. The minimum atomic E-state index is -1.75. The van der Waals surface area contributed by atoms with Crippen LogP contribution in [0.2, 0.25) is 0 Å². The maximum atomic E-state index is 12.8. The van der Waals surface area contributed by atoms with Crippen molar-refractivity contribution < 1.29 is 24.2 Å². The molecule has 0 fully saturated rings. The zero-order chi connectivity index (χ0) is 21.3. The van der Waals surface area contributed by atoms with Crippen LogP contribution in [0.4, 0.5) is 0 Å². The Morgan fingerprint density at radius 1 is 1.00 bits per heavy atom. The van der Waals surface area contributed by atoms with Gasteiger partial charge in [0.1, 0.15) is 11.6 Å². The lowest BCUT2D eigenvalue weighted by Crippen LogP contribution is -2.61. The number of carbonyl (C=O) groups excluding carboxylic acids is 2. The van der Waals surface area contributed by atoms with Crippen molar-refractivity contribution in [2.24, 2.45) is 11.5 Å². The minimum absolute atomic E-state index is 0.0116. The molecule has 0 unspecified atom stereocenters. The normalized spacial score (nSPS) is 13.8. The summed E-state index contributed by atoms with van der Waals surface area (Å²) in [5.74, 6) is -2.81. The molecular weight excluding hydrogens is 374 g/mol. The van der Waals surface area contributed by atoms with E-state index in [-0.39, 0.29) is 19.6 Å². The van der Waals surface area contributed by atoms with E-state index in [0.29, 0.717) is 5.56 Å². The van der Waals surface area contributed by atoms with Crippen LogP contribution in [0.3, 0.4) is 0 Å². The van der Waals surface area contributed by atoms with Crippen LogP contribution in [0.5, 0.6) is 0 Å². The second-order valence-electron chi connectivity index (χ2n) is 6.82. The molecule has 0 bridgehead atoms. The first-order valence-electron chi connectivity index (χ1n) is 9.07. The van der Waals surface area contributed by atoms with Crippen LogP contribution in [-0.2, 0) is 32.1 Å². The van der Waals surface area contributed by atoms with Gasteiger partial charge < -0.3 is 26.6 Å². The fourth-order valence-electron chi connectivity index (χ4n) is 2.82. The number of nitrogens with one attached hydrogen (secondary N) is 1. The van der Waals surface area contributed by atoms with Gasteiger partial charge in [-0.15, -0.1) is 0 Å². The molecule has 2 aromatic carbocycles. The molecule has 0 saturated heterocycles. The van der Waals surface area contributed by atoms with Gasteiger partial charge in [-0.3, -0.25) is 14.4 Å². The summed E-state index contributed by atoms with van der Waals surface area (Å²) in [6.07, 6.45) is -0.619. The Balaban J connectivity index is 2.05. The number of rotatable bonds is 11. The summed E-state index contributed by atoms with van der Waals surface area (Å²) in [7, 11) is 0. The molecule has 2 atom stereocenters. The van der Waals surface area contributed by atoms with E-state index in [4.69, 9.17) is 16.2 Å². The van der Waals surface area contributed by atoms with Crippen LogP contribution in [0, 0.1) is 0 Å². The van der Waals surface area contributed by atoms with Crippen molar-refractivity contribution in [2.45, 2.75) is 31.0 Å². The summed E-state index contributed by atoms with van der Waals surface area (Å²) < 4.78 is 5.48. The fraction of sp³-hybridized carbons (Fsp3) is 0.286. The van der Waals surface area contributed by atoms with Crippen LogP contribution >= 0.6 is 0 Å². The van der Waals surface area contributed by atoms with Crippen LogP contribution < -0.4 is 16.8 Å². The van der Waals surface area contributed by atoms with E-state index in [0.717, 1.165) is 5.56 Å². The summed E-state index contributed by atoms with van der Waals surface area (Å²) in [5.41, 5.74) is 11.4. The molecule has 0 aliphatic rings. The number of benzene rings is 2. The van der Waals surface area contributed by atoms with Gasteiger partial charge in [-0.1, -0.05) is 60.7 Å². The molecule has 8 nitrogen and oxygen atoms in total. The third-order valence-electron chi connectivity index (χ3n) is 4.33. The van der Waals surface area contributed by atoms with Gasteiger partial charge >= 0.3 is 5.97 Å². The van der Waals surface area contributed by atoms with Gasteiger partial charge in [0.15, 0.2) is 0 Å². The Morgan fingerprint density at radius 2 is 1.55 bits per heavy atom. The molecule has 0 aliphatic heterocycles. The quantitative estimate of drug-likeness (QED) is 0.435. The number of amides is 2. The molecule has 0 aromatic heterocycles. The highest BCUT2D eigenvalue weighted by Gasteiger charge is 2.38. The number of hydrogen-bond acceptors (Lipinski definition) is 5. The first kappa shape index (κ1) is 22.1. The molecule has 0 heterocycles. The van der Waals surface area contributed by atoms with E-state index < -0.39 is 35.8 Å². The Bertz CT molecular complexity index is 829. The third-order valence-corrected chi connectivity index (χ3v) is 4.33. The predicted molar refractivity (Wildman–Crippen MR) is 107 cm³/mol. The number of ether oxygens (including phenoxy) is 1. The molecule has 29 heavy (non-hydrogen) atoms. The number of carboxylic acid groups (broad SMARTS) is 1. The SMILES string of the molecule is NC(=O)[C@H](COCc1ccccc1)NC(=O)[C@@](N)(CC(=O)O)Cc1ccccc1. The van der Waals surface area contributed by atoms with Crippen LogP contribution in [0.1, 0.15) is 17.5 Å². The molecular formula is C21H25N3O5. The molecule has 154 valence electrons. The summed E-state index contributed by atoms with van der Waals surface area (Å²) in [6.45, 7) is 0.0673. The zero-order valence-electron chi connectivity index (χ0n) is 15.9. The average molecular weight is 399 g/mol. The van der Waals surface area contributed by atoms with Crippen molar-refractivity contribution in [3.8, 4) is 0 Å². The van der Waals surface area contributed by atoms with Gasteiger partial charge in [0, 0.05) is 0 Å². The smallest absolute Gasteiger partial charge is 0.305 e. The number of aliphatic carboxylic acids is 1. The topological polar surface area (TPSA) is 145 Å². The van der Waals surface area contributed by atoms with Gasteiger partial charge in [-0.05, 0) is 17.5 Å². The number of carboxylic acids is 1. The molecule has 2 amide bonds. The van der Waals surface area contributed by atoms with Crippen LogP contribution in [-0.4, -0.2) is 41.1 Å². The van der Waals surface area contributed by atoms with E-state index in [2.05, 4.69) is 5.32 Å². The van der Waals surface area contributed by atoms with E-state index in [1.807, 2.05) is 30.3 Å². The lowest BCUT2D eigenvalue weighted by Gasteiger charge is -2.28. The lowest BCUT2D eigenvalue weighted by atomic mass is 9.87. The molecule has 2 aromatic rings. The zero-order valence-corrected chi connectivity index (χ0v) is 15.9. The maximum Gasteiger partial charge on any atom is 0.305 e. The monoisotopic (exact) mass is 399 g/mol. The Labute approximate surface area is 168 Å². The van der Waals surface area contributed by atoms with Crippen LogP contribution in [0.15, 0.2) is 60.7 Å². The first-order valence-corrected chi connectivity index (χ1v) is 9.07. The Morgan fingerprint density at radius 3 is 2.07 bits per heavy atom. The van der Waals surface area contributed by atoms with Crippen LogP contribution in [0.25, 0.3) is 0 Å². The van der Waals surface area contributed by atoms with Crippen molar-refractivity contribution >= 4 is 17.8 Å². The van der Waals surface area contributed by atoms with Gasteiger partial charge in [0.25, 0.3) is 0 Å². The highest BCUT2D eigenvalue weighted by atomic mass is 16.5. The average Bonchev–Trinajstić information content (AvgIpc) is 2.68. The molecule has 2 rings (SSSR count). The van der Waals surface area contributed by atoms with E-state index in [1.165, 1.54) is 0 Å². The largest absolute Gasteiger partial charge is 0.481 e. The summed E-state index contributed by atoms with van der Waals surface area (Å²) in [5, 5.41) is 11.7. The van der Waals surface area contributed by atoms with E-state index in [1.54, 1.807) is 30.3 Å². The molecule has 6 N–H and O–H groups in total. The summed E-state index contributed by atoms with van der Waals surface area (Å²) in [6, 6.07) is 16.9. The lowest BCUT2D eigenvalue weighted by molar-refractivity contribution is -0.142. The van der Waals surface area contributed by atoms with E-state index >= 15 is 0 Å². The molecule has 8 heteroatoms. The second kappa shape index (κ2) is 10.4. The van der Waals surface area contributed by atoms with Crippen molar-refractivity contribution in [3.05, 3.63) is 71.8 Å². The van der Waals surface area contributed by atoms with Gasteiger partial charge in [-0.25, -0.2) is 0 Å². The molecule has 0 aliphatic carbocycles. The summed E-state index contributed by atoms with van der Waals surface area (Å²) in [4.78, 5) is 35.8. The van der Waals surface area contributed by atoms with Crippen molar-refractivity contribution in [1.29, 1.82) is 0 Å². The van der Waals surface area contributed by atoms with Gasteiger partial charge in [0.2, 0.25) is 11.8 Å². The predicted octanol–water partition coefficient (Wildman–Crippen LogP) is 0.588. The van der Waals surface area contributed by atoms with Gasteiger partial charge in [0.05, 0.1) is 19.6 Å². The number of hydrogen-bond donors (Lipinski definition) is 4. The standard InChI is InChI=1S/C21H25N3O5/c22-19(27)17(14-29-13-16-9-5-2-6-10-16)24-20(28)21(23,12-18(25)26)11-15-7-3-1-4-8-15/h1-10,17H,11-14,23H2,(H2,22,27)(H,24,28)(H,25,26)/t17-,21-/m0/s1. The Hall–Kier alpha value is -3.23. The highest BCUT2D eigenvalue weighted by Crippen LogP contribution is 2.16. The van der Waals surface area contributed by atoms with Gasteiger partial charge in [-0.2, -0.15) is 0 Å². The number of primary amides is 1. The third kappa shape index (κ3) is 7.02. The molecule has 0 radical (unpaired) electrons. The molecule has 0 saturated carbocycles. The summed E-state index contributed by atoms with van der Waals surface area (Å²) >= 11 is 0. The van der Waals surface area contributed by atoms with Crippen molar-refractivity contribution in [1.82, 2.24) is 5.32 Å². The highest BCUT2D eigenvalue weighted by molar-refractivity contribution is 5.94. The number of carbonyl (C=O) groups is 3. The van der Waals surface area contributed by atoms with E-state index in [9.17, 15) is 19.5 Å². The van der Waals surface area contributed by atoms with Crippen molar-refractivity contribution in [3.63, 3.8) is 0 Å². The molecule has 0 spiro atoms. The minimum Gasteiger partial charge on any atom is -0.481 e. The second-order valence-corrected chi connectivity index (χ2v) is 6.82. The fourth-order valence-corrected chi connectivity index (χ4v) is 2.82. The number of nitrogens with two attached hydrogens (primary N) is 2.